The van der Waals surface area contributed by atoms with Crippen LogP contribution in [0, 0.1) is 0 Å². The van der Waals surface area contributed by atoms with Crippen LogP contribution in [0.3, 0.4) is 0 Å². The van der Waals surface area contributed by atoms with E-state index < -0.39 is 0 Å². The van der Waals surface area contributed by atoms with Crippen LogP contribution in [0.15, 0.2) is 23.0 Å². The Morgan fingerprint density at radius 2 is 2.18 bits per heavy atom. The van der Waals surface area contributed by atoms with E-state index in [1.54, 1.807) is 7.05 Å². The summed E-state index contributed by atoms with van der Waals surface area (Å²) in [5.41, 5.74) is 1.44. The first kappa shape index (κ1) is 14.8. The number of benzene rings is 1. The van der Waals surface area contributed by atoms with Crippen molar-refractivity contribution in [2.24, 2.45) is 7.05 Å². The van der Waals surface area contributed by atoms with Gasteiger partial charge in [-0.15, -0.1) is 0 Å². The molecule has 1 aliphatic rings. The average molecular weight is 304 g/mol. The SMILES string of the molecule is CC(C)c1ccc(O[C@@H]2CCOC2)c(-n2nnn(C)c2=O)c1. The molecular weight excluding hydrogens is 284 g/mol. The molecule has 7 nitrogen and oxygen atoms in total. The van der Waals surface area contributed by atoms with Crippen molar-refractivity contribution in [1.82, 2.24) is 19.8 Å². The minimum absolute atomic E-state index is 0.0102. The molecule has 2 heterocycles. The van der Waals surface area contributed by atoms with Crippen molar-refractivity contribution in [2.45, 2.75) is 32.3 Å². The summed E-state index contributed by atoms with van der Waals surface area (Å²) in [5, 5.41) is 7.70. The third kappa shape index (κ3) is 2.76. The zero-order valence-electron chi connectivity index (χ0n) is 13.0. The Morgan fingerprint density at radius 1 is 1.36 bits per heavy atom. The Labute approximate surface area is 128 Å². The van der Waals surface area contributed by atoms with Gasteiger partial charge in [-0.3, -0.25) is 0 Å². The highest BCUT2D eigenvalue weighted by molar-refractivity contribution is 5.49. The fourth-order valence-electron chi connectivity index (χ4n) is 2.41. The van der Waals surface area contributed by atoms with Gasteiger partial charge in [0.1, 0.15) is 17.5 Å². The van der Waals surface area contributed by atoms with E-state index in [4.69, 9.17) is 9.47 Å². The van der Waals surface area contributed by atoms with Crippen LogP contribution in [0.5, 0.6) is 5.75 Å². The van der Waals surface area contributed by atoms with E-state index in [1.165, 1.54) is 9.36 Å². The van der Waals surface area contributed by atoms with E-state index in [-0.39, 0.29) is 11.8 Å². The molecule has 118 valence electrons. The number of rotatable bonds is 4. The van der Waals surface area contributed by atoms with Crippen molar-refractivity contribution >= 4 is 0 Å². The van der Waals surface area contributed by atoms with Crippen LogP contribution in [0.25, 0.3) is 5.69 Å². The van der Waals surface area contributed by atoms with Crippen molar-refractivity contribution in [2.75, 3.05) is 13.2 Å². The molecule has 3 rings (SSSR count). The maximum atomic E-state index is 12.2. The normalized spacial score (nSPS) is 18.1. The van der Waals surface area contributed by atoms with E-state index in [2.05, 4.69) is 24.3 Å². The summed E-state index contributed by atoms with van der Waals surface area (Å²) in [5.74, 6) is 0.970. The molecule has 0 spiro atoms. The molecule has 1 aliphatic heterocycles. The van der Waals surface area contributed by atoms with E-state index in [0.717, 1.165) is 12.0 Å². The number of tetrazole rings is 1. The van der Waals surface area contributed by atoms with E-state index in [0.29, 0.717) is 30.6 Å². The second-order valence-corrected chi connectivity index (χ2v) is 5.78. The fourth-order valence-corrected chi connectivity index (χ4v) is 2.41. The number of hydrogen-bond donors (Lipinski definition) is 0. The first-order chi connectivity index (χ1) is 10.6. The zero-order chi connectivity index (χ0) is 15.7. The summed E-state index contributed by atoms with van der Waals surface area (Å²) < 4.78 is 13.8. The van der Waals surface area contributed by atoms with Crippen LogP contribution in [0.2, 0.25) is 0 Å². The van der Waals surface area contributed by atoms with Crippen LogP contribution >= 0.6 is 0 Å². The zero-order valence-corrected chi connectivity index (χ0v) is 13.0. The van der Waals surface area contributed by atoms with Crippen molar-refractivity contribution in [3.05, 3.63) is 34.2 Å². The highest BCUT2D eigenvalue weighted by atomic mass is 16.5. The van der Waals surface area contributed by atoms with Crippen molar-refractivity contribution in [3.63, 3.8) is 0 Å². The molecule has 2 aromatic rings. The summed E-state index contributed by atoms with van der Waals surface area (Å²) in [6, 6.07) is 5.84. The lowest BCUT2D eigenvalue weighted by Crippen LogP contribution is -2.24. The van der Waals surface area contributed by atoms with Gasteiger partial charge >= 0.3 is 5.69 Å². The number of nitrogens with zero attached hydrogens (tertiary/aromatic N) is 4. The van der Waals surface area contributed by atoms with Gasteiger partial charge in [0.2, 0.25) is 0 Å². The molecule has 1 aromatic heterocycles. The fraction of sp³-hybridized carbons (Fsp3) is 0.533. The molecule has 1 atom stereocenters. The molecule has 0 N–H and O–H groups in total. The van der Waals surface area contributed by atoms with E-state index in [1.807, 2.05) is 18.2 Å². The van der Waals surface area contributed by atoms with Crippen molar-refractivity contribution in [3.8, 4) is 11.4 Å². The maximum absolute atomic E-state index is 12.2. The molecule has 0 amide bonds. The largest absolute Gasteiger partial charge is 0.486 e. The Bertz CT molecular complexity index is 714. The molecule has 0 saturated carbocycles. The highest BCUT2D eigenvalue weighted by Crippen LogP contribution is 2.28. The molecule has 1 fully saturated rings. The minimum atomic E-state index is -0.298. The lowest BCUT2D eigenvalue weighted by atomic mass is 10.0. The molecule has 0 radical (unpaired) electrons. The smallest absolute Gasteiger partial charge is 0.368 e. The Kier molecular flexibility index (Phi) is 3.98. The standard InChI is InChI=1S/C15H20N4O3/c1-10(2)11-4-5-14(22-12-6-7-21-9-12)13(8-11)19-15(20)18(3)16-17-19/h4-5,8,10,12H,6-7,9H2,1-3H3/t12-/m1/s1. The number of ether oxygens (including phenoxy) is 2. The summed E-state index contributed by atoms with van der Waals surface area (Å²) in [6.07, 6.45) is 0.858. The lowest BCUT2D eigenvalue weighted by molar-refractivity contribution is 0.141. The van der Waals surface area contributed by atoms with Gasteiger partial charge in [0, 0.05) is 13.5 Å². The van der Waals surface area contributed by atoms with Gasteiger partial charge in [-0.25, -0.2) is 4.79 Å². The molecule has 0 aliphatic carbocycles. The van der Waals surface area contributed by atoms with Gasteiger partial charge in [-0.1, -0.05) is 19.9 Å². The van der Waals surface area contributed by atoms with Gasteiger partial charge in [-0.2, -0.15) is 9.36 Å². The number of hydrogen-bond acceptors (Lipinski definition) is 5. The van der Waals surface area contributed by atoms with Gasteiger partial charge < -0.3 is 9.47 Å². The molecule has 7 heteroatoms. The molecule has 1 saturated heterocycles. The molecular formula is C15H20N4O3. The average Bonchev–Trinajstić information content (AvgIpc) is 3.11. The number of aryl methyl sites for hydroxylation is 1. The van der Waals surface area contributed by atoms with Crippen molar-refractivity contribution in [1.29, 1.82) is 0 Å². The van der Waals surface area contributed by atoms with Crippen LogP contribution < -0.4 is 10.4 Å². The molecule has 1 aromatic carbocycles. The van der Waals surface area contributed by atoms with Crippen molar-refractivity contribution < 1.29 is 9.47 Å². The second-order valence-electron chi connectivity index (χ2n) is 5.78. The molecule has 0 bridgehead atoms. The lowest BCUT2D eigenvalue weighted by Gasteiger charge is -2.16. The second kappa shape index (κ2) is 5.92. The third-order valence-corrected chi connectivity index (χ3v) is 3.78. The minimum Gasteiger partial charge on any atom is -0.486 e. The summed E-state index contributed by atoms with van der Waals surface area (Å²) in [4.78, 5) is 12.2. The monoisotopic (exact) mass is 304 g/mol. The third-order valence-electron chi connectivity index (χ3n) is 3.78. The van der Waals surface area contributed by atoms with Gasteiger partial charge in [-0.05, 0) is 34.0 Å². The van der Waals surface area contributed by atoms with Crippen LogP contribution in [-0.4, -0.2) is 39.1 Å². The van der Waals surface area contributed by atoms with Gasteiger partial charge in [0.05, 0.1) is 13.2 Å². The van der Waals surface area contributed by atoms with Gasteiger partial charge in [0.15, 0.2) is 0 Å². The topological polar surface area (TPSA) is 71.2 Å². The Hall–Kier alpha value is -2.15. The van der Waals surface area contributed by atoms with Crippen LogP contribution in [0.4, 0.5) is 0 Å². The van der Waals surface area contributed by atoms with E-state index in [9.17, 15) is 4.79 Å². The van der Waals surface area contributed by atoms with Crippen LogP contribution in [0.1, 0.15) is 31.7 Å². The van der Waals surface area contributed by atoms with E-state index >= 15 is 0 Å². The predicted molar refractivity (Wildman–Crippen MR) is 80.5 cm³/mol. The Morgan fingerprint density at radius 3 is 2.77 bits per heavy atom. The Balaban J connectivity index is 2.04. The quantitative estimate of drug-likeness (QED) is 0.850. The first-order valence-electron chi connectivity index (χ1n) is 7.44. The predicted octanol–water partition coefficient (Wildman–Crippen LogP) is 1.26. The summed E-state index contributed by atoms with van der Waals surface area (Å²) >= 11 is 0. The first-order valence-corrected chi connectivity index (χ1v) is 7.44. The van der Waals surface area contributed by atoms with Crippen LogP contribution in [-0.2, 0) is 11.8 Å². The summed E-state index contributed by atoms with van der Waals surface area (Å²) in [6.45, 7) is 5.48. The number of aromatic nitrogens is 4. The summed E-state index contributed by atoms with van der Waals surface area (Å²) in [7, 11) is 1.57. The van der Waals surface area contributed by atoms with Gasteiger partial charge in [0.25, 0.3) is 0 Å². The molecule has 0 unspecified atom stereocenters. The maximum Gasteiger partial charge on any atom is 0.368 e. The molecule has 22 heavy (non-hydrogen) atoms. The highest BCUT2D eigenvalue weighted by Gasteiger charge is 2.21.